The number of carboxylic acid groups (broad SMARTS) is 1. The molecule has 0 fully saturated rings. The molecule has 0 aliphatic rings. The molecule has 1 atom stereocenters. The molecule has 1 N–H and O–H groups in total. The number of aromatic nitrogens is 1. The number of aliphatic carboxylic acids is 1. The minimum Gasteiger partial charge on any atom is -0.480 e. The van der Waals surface area contributed by atoms with Crippen LogP contribution in [0.4, 0.5) is 0 Å². The summed E-state index contributed by atoms with van der Waals surface area (Å²) < 4.78 is 0.853. The molecule has 0 aliphatic heterocycles. The molecule has 3 nitrogen and oxygen atoms in total. The van der Waals surface area contributed by atoms with E-state index in [1.165, 1.54) is 11.8 Å². The molecule has 1 unspecified atom stereocenters. The molecular formula is C10H15NO2S2. The Bertz CT molecular complexity index is 341. The average Bonchev–Trinajstić information content (AvgIpc) is 2.41. The second-order valence-corrected chi connectivity index (χ2v) is 6.33. The maximum absolute atomic E-state index is 11.0. The van der Waals surface area contributed by atoms with E-state index >= 15 is 0 Å². The summed E-state index contributed by atoms with van der Waals surface area (Å²) in [5, 5.41) is 8.63. The van der Waals surface area contributed by atoms with Crippen LogP contribution in [0.15, 0.2) is 4.34 Å². The van der Waals surface area contributed by atoms with Crippen molar-refractivity contribution in [3.63, 3.8) is 0 Å². The van der Waals surface area contributed by atoms with Gasteiger partial charge in [-0.15, -0.1) is 11.3 Å². The lowest BCUT2D eigenvalue weighted by Crippen LogP contribution is -2.22. The molecule has 5 heteroatoms. The summed E-state index contributed by atoms with van der Waals surface area (Å²) in [6.45, 7) is 7.78. The number of hydrogen-bond donors (Lipinski definition) is 1. The normalized spacial score (nSPS) is 13.1. The topological polar surface area (TPSA) is 50.2 Å². The lowest BCUT2D eigenvalue weighted by molar-refractivity contribution is -0.137. The van der Waals surface area contributed by atoms with E-state index in [1.54, 1.807) is 11.3 Å². The number of carboxylic acids is 1. The summed E-state index contributed by atoms with van der Waals surface area (Å²) >= 11 is 2.91. The van der Waals surface area contributed by atoms with E-state index in [1.807, 2.05) is 27.7 Å². The van der Waals surface area contributed by atoms with E-state index < -0.39 is 11.2 Å². The lowest BCUT2D eigenvalue weighted by atomic mass is 10.1. The molecule has 1 aromatic rings. The summed E-state index contributed by atoms with van der Waals surface area (Å²) in [5.74, 6) is -0.655. The summed E-state index contributed by atoms with van der Waals surface area (Å²) in [4.78, 5) is 16.5. The van der Waals surface area contributed by atoms with Crippen LogP contribution in [0.2, 0.25) is 0 Å². The number of nitrogens with zero attached hydrogens (tertiary/aromatic N) is 1. The minimum absolute atomic E-state index is 0.108. The van der Waals surface area contributed by atoms with E-state index in [2.05, 4.69) is 4.98 Å². The van der Waals surface area contributed by atoms with Crippen molar-refractivity contribution in [3.05, 3.63) is 10.6 Å². The third kappa shape index (κ3) is 3.21. The van der Waals surface area contributed by atoms with Crippen LogP contribution >= 0.6 is 23.1 Å². The van der Waals surface area contributed by atoms with Gasteiger partial charge in [0.25, 0.3) is 0 Å². The molecule has 0 radical (unpaired) electrons. The number of rotatable bonds is 4. The highest BCUT2D eigenvalue weighted by Gasteiger charge is 2.24. The Kier molecular flexibility index (Phi) is 4.16. The smallest absolute Gasteiger partial charge is 0.317 e. The Labute approximate surface area is 97.9 Å². The first kappa shape index (κ1) is 12.5. The molecule has 1 rings (SSSR count). The van der Waals surface area contributed by atoms with E-state index in [4.69, 9.17) is 5.11 Å². The van der Waals surface area contributed by atoms with Gasteiger partial charge in [-0.05, 0) is 19.8 Å². The largest absolute Gasteiger partial charge is 0.480 e. The van der Waals surface area contributed by atoms with Crippen LogP contribution in [-0.4, -0.2) is 21.3 Å². The molecule has 15 heavy (non-hydrogen) atoms. The molecule has 0 aromatic carbocycles. The summed E-state index contributed by atoms with van der Waals surface area (Å²) in [6, 6.07) is 0. The number of hydrogen-bond acceptors (Lipinski definition) is 4. The van der Waals surface area contributed by atoms with Gasteiger partial charge in [-0.1, -0.05) is 25.6 Å². The zero-order chi connectivity index (χ0) is 11.6. The van der Waals surface area contributed by atoms with Gasteiger partial charge in [0.2, 0.25) is 0 Å². The third-order valence-corrected chi connectivity index (χ3v) is 4.78. The fourth-order valence-electron chi connectivity index (χ4n) is 1.07. The first-order chi connectivity index (χ1) is 6.91. The molecule has 0 amide bonds. The molecule has 0 spiro atoms. The van der Waals surface area contributed by atoms with E-state index in [-0.39, 0.29) is 5.92 Å². The van der Waals surface area contributed by atoms with Crippen molar-refractivity contribution in [2.24, 2.45) is 5.92 Å². The average molecular weight is 245 g/mol. The zero-order valence-electron chi connectivity index (χ0n) is 9.27. The predicted molar refractivity (Wildman–Crippen MR) is 63.7 cm³/mol. The molecule has 0 saturated heterocycles. The standard InChI is InChI=1S/C10H15NO2S2/c1-5(2)8(9(12)13)15-10-11-6(3)7(4)14-10/h5,8H,1-4H3,(H,12,13). The first-order valence-electron chi connectivity index (χ1n) is 4.75. The maximum atomic E-state index is 11.0. The van der Waals surface area contributed by atoms with E-state index in [9.17, 15) is 4.79 Å². The Morgan fingerprint density at radius 2 is 2.07 bits per heavy atom. The first-order valence-corrected chi connectivity index (χ1v) is 6.45. The van der Waals surface area contributed by atoms with Crippen LogP contribution in [0.25, 0.3) is 0 Å². The molecule has 0 bridgehead atoms. The zero-order valence-corrected chi connectivity index (χ0v) is 10.9. The second kappa shape index (κ2) is 4.99. The maximum Gasteiger partial charge on any atom is 0.317 e. The minimum atomic E-state index is -0.763. The van der Waals surface area contributed by atoms with Crippen LogP contribution in [0.3, 0.4) is 0 Å². The molecule has 0 saturated carbocycles. The van der Waals surface area contributed by atoms with Gasteiger partial charge in [-0.2, -0.15) is 0 Å². The number of aryl methyl sites for hydroxylation is 2. The van der Waals surface area contributed by atoms with Gasteiger partial charge in [-0.3, -0.25) is 4.79 Å². The van der Waals surface area contributed by atoms with Crippen molar-refractivity contribution in [2.45, 2.75) is 37.3 Å². The summed E-state index contributed by atoms with van der Waals surface area (Å²) in [5.41, 5.74) is 0.996. The monoisotopic (exact) mass is 245 g/mol. The number of thioether (sulfide) groups is 1. The van der Waals surface area contributed by atoms with Crippen molar-refractivity contribution < 1.29 is 9.90 Å². The Morgan fingerprint density at radius 3 is 2.40 bits per heavy atom. The van der Waals surface area contributed by atoms with Crippen molar-refractivity contribution in [1.82, 2.24) is 4.98 Å². The van der Waals surface area contributed by atoms with Crippen LogP contribution in [0.1, 0.15) is 24.4 Å². The Morgan fingerprint density at radius 1 is 1.47 bits per heavy atom. The van der Waals surface area contributed by atoms with Gasteiger partial charge in [0.05, 0.1) is 5.69 Å². The SMILES string of the molecule is Cc1nc(SC(C(=O)O)C(C)C)sc1C. The van der Waals surface area contributed by atoms with Gasteiger partial charge in [0, 0.05) is 4.88 Å². The van der Waals surface area contributed by atoms with Gasteiger partial charge in [-0.25, -0.2) is 4.98 Å². The van der Waals surface area contributed by atoms with Crippen molar-refractivity contribution in [1.29, 1.82) is 0 Å². The quantitative estimate of drug-likeness (QED) is 0.829. The van der Waals surface area contributed by atoms with Crippen molar-refractivity contribution in [3.8, 4) is 0 Å². The molecule has 1 aromatic heterocycles. The van der Waals surface area contributed by atoms with Gasteiger partial charge in [0.15, 0.2) is 4.34 Å². The molecule has 84 valence electrons. The third-order valence-electron chi connectivity index (χ3n) is 2.09. The fraction of sp³-hybridized carbons (Fsp3) is 0.600. The summed E-state index contributed by atoms with van der Waals surface area (Å²) in [6.07, 6.45) is 0. The highest BCUT2D eigenvalue weighted by atomic mass is 32.2. The Hall–Kier alpha value is -0.550. The molecule has 0 aliphatic carbocycles. The van der Waals surface area contributed by atoms with Crippen LogP contribution in [0.5, 0.6) is 0 Å². The van der Waals surface area contributed by atoms with Crippen molar-refractivity contribution >= 4 is 29.1 Å². The van der Waals surface area contributed by atoms with Crippen LogP contribution in [0, 0.1) is 19.8 Å². The van der Waals surface area contributed by atoms with Gasteiger partial charge in [0.1, 0.15) is 5.25 Å². The molecule has 1 heterocycles. The van der Waals surface area contributed by atoms with Crippen LogP contribution in [-0.2, 0) is 4.79 Å². The van der Waals surface area contributed by atoms with E-state index in [0.717, 1.165) is 14.9 Å². The highest BCUT2D eigenvalue weighted by Crippen LogP contribution is 2.32. The summed E-state index contributed by atoms with van der Waals surface area (Å²) in [7, 11) is 0. The Balaban J connectivity index is 2.79. The van der Waals surface area contributed by atoms with Crippen molar-refractivity contribution in [2.75, 3.05) is 0 Å². The van der Waals surface area contributed by atoms with Gasteiger partial charge >= 0.3 is 5.97 Å². The van der Waals surface area contributed by atoms with E-state index in [0.29, 0.717) is 0 Å². The number of thiazole rings is 1. The lowest BCUT2D eigenvalue weighted by Gasteiger charge is -2.13. The fourth-order valence-corrected chi connectivity index (χ4v) is 3.37. The van der Waals surface area contributed by atoms with Gasteiger partial charge < -0.3 is 5.11 Å². The predicted octanol–water partition coefficient (Wildman–Crippen LogP) is 2.96. The number of carbonyl (C=O) groups is 1. The second-order valence-electron chi connectivity index (χ2n) is 3.74. The van der Waals surface area contributed by atoms with Crippen LogP contribution < -0.4 is 0 Å². The molecular weight excluding hydrogens is 230 g/mol. The highest BCUT2D eigenvalue weighted by molar-refractivity contribution is 8.02.